The molecule has 2 aliphatic rings. The van der Waals surface area contributed by atoms with Crippen LogP contribution in [0.25, 0.3) is 5.65 Å². The van der Waals surface area contributed by atoms with Crippen molar-refractivity contribution in [2.24, 2.45) is 0 Å². The Morgan fingerprint density at radius 1 is 1.31 bits per heavy atom. The first-order valence-corrected chi connectivity index (χ1v) is 9.60. The topological polar surface area (TPSA) is 93.9 Å². The second kappa shape index (κ2) is 6.41. The monoisotopic (exact) mass is 394 g/mol. The highest BCUT2D eigenvalue weighted by molar-refractivity contribution is 6.00. The third kappa shape index (κ3) is 3.07. The van der Waals surface area contributed by atoms with E-state index in [-0.39, 0.29) is 18.6 Å². The van der Waals surface area contributed by atoms with Gasteiger partial charge >= 0.3 is 0 Å². The number of carbonyl (C=O) groups excluding carboxylic acids is 1. The van der Waals surface area contributed by atoms with E-state index in [1.165, 1.54) is 6.20 Å². The van der Waals surface area contributed by atoms with Crippen LogP contribution < -0.4 is 15.1 Å². The van der Waals surface area contributed by atoms with Gasteiger partial charge in [0.05, 0.1) is 24.4 Å². The largest absolute Gasteiger partial charge is 0.475 e. The molecule has 0 spiro atoms. The average molecular weight is 394 g/mol. The standard InChI is InChI=1S/C20H22N6O3/c1-12-8-13-15-5-7-29-26(15)16-4-6-25-17(23-16)14(10-22-25)18(27)24-20(2,3)11-28-19(13)21-9-12/h4,6,8-10,15H,5,7,11H2,1-3H3,(H,24,27)/t15-/m1/s1. The lowest BCUT2D eigenvalue weighted by Gasteiger charge is -2.28. The molecule has 1 fully saturated rings. The average Bonchev–Trinajstić information content (AvgIpc) is 3.32. The Bertz CT molecular complexity index is 1110. The Hall–Kier alpha value is -3.20. The van der Waals surface area contributed by atoms with Gasteiger partial charge in [-0.3, -0.25) is 9.63 Å². The lowest BCUT2D eigenvalue weighted by atomic mass is 10.0. The first-order chi connectivity index (χ1) is 13.9. The summed E-state index contributed by atoms with van der Waals surface area (Å²) in [5, 5.41) is 9.05. The van der Waals surface area contributed by atoms with Crippen molar-refractivity contribution in [1.29, 1.82) is 0 Å². The van der Waals surface area contributed by atoms with Gasteiger partial charge < -0.3 is 10.1 Å². The first-order valence-electron chi connectivity index (χ1n) is 9.60. The number of aryl methyl sites for hydroxylation is 1. The van der Waals surface area contributed by atoms with Crippen LogP contribution in [0.15, 0.2) is 30.7 Å². The summed E-state index contributed by atoms with van der Waals surface area (Å²) < 4.78 is 7.68. The number of pyridine rings is 1. The second-order valence-corrected chi connectivity index (χ2v) is 8.11. The molecule has 1 N–H and O–H groups in total. The van der Waals surface area contributed by atoms with Crippen LogP contribution >= 0.6 is 0 Å². The normalized spacial score (nSPS) is 20.9. The summed E-state index contributed by atoms with van der Waals surface area (Å²) in [6, 6.07) is 3.81. The molecule has 5 heterocycles. The number of nitrogens with zero attached hydrogens (tertiary/aromatic N) is 5. The summed E-state index contributed by atoms with van der Waals surface area (Å²) in [7, 11) is 0. The van der Waals surface area contributed by atoms with Crippen molar-refractivity contribution < 1.29 is 14.4 Å². The predicted molar refractivity (Wildman–Crippen MR) is 105 cm³/mol. The molecule has 3 aromatic heterocycles. The van der Waals surface area contributed by atoms with Crippen molar-refractivity contribution in [3.8, 4) is 5.88 Å². The second-order valence-electron chi connectivity index (χ2n) is 8.11. The number of hydrogen-bond donors (Lipinski definition) is 1. The number of ether oxygens (including phenoxy) is 1. The maximum Gasteiger partial charge on any atom is 0.257 e. The van der Waals surface area contributed by atoms with Gasteiger partial charge in [0, 0.05) is 30.4 Å². The highest BCUT2D eigenvalue weighted by atomic mass is 16.7. The van der Waals surface area contributed by atoms with Crippen molar-refractivity contribution in [3.63, 3.8) is 0 Å². The van der Waals surface area contributed by atoms with E-state index in [1.54, 1.807) is 22.0 Å². The van der Waals surface area contributed by atoms with E-state index in [2.05, 4.69) is 21.5 Å². The zero-order valence-corrected chi connectivity index (χ0v) is 16.5. The van der Waals surface area contributed by atoms with E-state index in [0.29, 0.717) is 29.5 Å². The minimum Gasteiger partial charge on any atom is -0.475 e. The highest BCUT2D eigenvalue weighted by Gasteiger charge is 2.34. The maximum atomic E-state index is 12.9. The third-order valence-electron chi connectivity index (χ3n) is 5.13. The number of anilines is 1. The fourth-order valence-electron chi connectivity index (χ4n) is 3.72. The summed E-state index contributed by atoms with van der Waals surface area (Å²) in [5.41, 5.74) is 2.25. The van der Waals surface area contributed by atoms with Gasteiger partial charge in [-0.15, -0.1) is 0 Å². The molecule has 5 rings (SSSR count). The fourth-order valence-corrected chi connectivity index (χ4v) is 3.72. The number of hydroxylamine groups is 1. The minimum atomic E-state index is -0.618. The van der Waals surface area contributed by atoms with Crippen molar-refractivity contribution in [2.45, 2.75) is 38.8 Å². The van der Waals surface area contributed by atoms with E-state index in [4.69, 9.17) is 14.6 Å². The molecule has 2 bridgehead atoms. The lowest BCUT2D eigenvalue weighted by Crippen LogP contribution is -2.48. The first kappa shape index (κ1) is 17.9. The molecular formula is C20H22N6O3. The number of rotatable bonds is 0. The Morgan fingerprint density at radius 3 is 3.03 bits per heavy atom. The molecule has 150 valence electrons. The minimum absolute atomic E-state index is 0.0914. The molecule has 0 saturated carbocycles. The van der Waals surface area contributed by atoms with Gasteiger partial charge in [-0.05, 0) is 32.4 Å². The van der Waals surface area contributed by atoms with Crippen LogP contribution in [-0.2, 0) is 4.84 Å². The van der Waals surface area contributed by atoms with Crippen molar-refractivity contribution >= 4 is 17.4 Å². The molecule has 0 unspecified atom stereocenters. The number of amides is 1. The maximum absolute atomic E-state index is 12.9. The van der Waals surface area contributed by atoms with E-state index < -0.39 is 5.54 Å². The molecule has 0 aliphatic carbocycles. The Labute approximate surface area is 167 Å². The van der Waals surface area contributed by atoms with Crippen molar-refractivity contribution in [2.75, 3.05) is 18.3 Å². The molecular weight excluding hydrogens is 372 g/mol. The van der Waals surface area contributed by atoms with Crippen LogP contribution in [0.4, 0.5) is 5.82 Å². The molecule has 9 nitrogen and oxygen atoms in total. The highest BCUT2D eigenvalue weighted by Crippen LogP contribution is 2.38. The van der Waals surface area contributed by atoms with Gasteiger partial charge in [0.1, 0.15) is 12.2 Å². The van der Waals surface area contributed by atoms with Crippen molar-refractivity contribution in [3.05, 3.63) is 47.4 Å². The number of carbonyl (C=O) groups is 1. The fraction of sp³-hybridized carbons (Fsp3) is 0.400. The smallest absolute Gasteiger partial charge is 0.257 e. The van der Waals surface area contributed by atoms with Gasteiger partial charge in [0.25, 0.3) is 5.91 Å². The summed E-state index contributed by atoms with van der Waals surface area (Å²) in [6.07, 6.45) is 5.87. The van der Waals surface area contributed by atoms with Crippen LogP contribution in [0.5, 0.6) is 5.88 Å². The molecule has 1 atom stereocenters. The molecule has 9 heteroatoms. The number of aromatic nitrogens is 4. The van der Waals surface area contributed by atoms with E-state index in [1.807, 2.05) is 26.8 Å². The zero-order valence-electron chi connectivity index (χ0n) is 16.5. The number of fused-ring (bicyclic) bond motifs is 5. The van der Waals surface area contributed by atoms with Crippen LogP contribution in [0.3, 0.4) is 0 Å². The van der Waals surface area contributed by atoms with Crippen LogP contribution in [0.2, 0.25) is 0 Å². The predicted octanol–water partition coefficient (Wildman–Crippen LogP) is 2.22. The van der Waals surface area contributed by atoms with Crippen LogP contribution in [0.1, 0.15) is 47.8 Å². The number of hydrogen-bond acceptors (Lipinski definition) is 7. The van der Waals surface area contributed by atoms with E-state index in [0.717, 1.165) is 17.5 Å². The molecule has 29 heavy (non-hydrogen) atoms. The van der Waals surface area contributed by atoms with Crippen LogP contribution in [-0.4, -0.2) is 44.2 Å². The Morgan fingerprint density at radius 2 is 2.17 bits per heavy atom. The lowest BCUT2D eigenvalue weighted by molar-refractivity contribution is 0.0879. The number of nitrogens with one attached hydrogen (secondary N) is 1. The zero-order chi connectivity index (χ0) is 20.2. The summed E-state index contributed by atoms with van der Waals surface area (Å²) in [6.45, 7) is 6.65. The van der Waals surface area contributed by atoms with Crippen LogP contribution in [0, 0.1) is 6.92 Å². The summed E-state index contributed by atoms with van der Waals surface area (Å²) in [5.74, 6) is 0.899. The molecule has 1 amide bonds. The Balaban J connectivity index is 1.70. The molecule has 3 aromatic rings. The third-order valence-corrected chi connectivity index (χ3v) is 5.13. The van der Waals surface area contributed by atoms with Gasteiger partial charge in [0.2, 0.25) is 5.88 Å². The van der Waals surface area contributed by atoms with E-state index in [9.17, 15) is 4.79 Å². The van der Waals surface area contributed by atoms with Crippen molar-refractivity contribution in [1.82, 2.24) is 24.9 Å². The van der Waals surface area contributed by atoms with E-state index >= 15 is 0 Å². The SMILES string of the molecule is Cc1cnc2c(c1)[C@H]1CCON1c1ccn3ncc(c3n1)C(=O)NC(C)(C)CO2. The van der Waals surface area contributed by atoms with Gasteiger partial charge in [-0.25, -0.2) is 19.5 Å². The van der Waals surface area contributed by atoms with Gasteiger partial charge in [-0.1, -0.05) is 0 Å². The molecule has 0 aromatic carbocycles. The quantitative estimate of drug-likeness (QED) is 0.625. The molecule has 0 radical (unpaired) electrons. The summed E-state index contributed by atoms with van der Waals surface area (Å²) >= 11 is 0. The Kier molecular flexibility index (Phi) is 3.95. The van der Waals surface area contributed by atoms with Gasteiger partial charge in [-0.2, -0.15) is 5.10 Å². The van der Waals surface area contributed by atoms with Gasteiger partial charge in [0.15, 0.2) is 11.5 Å². The molecule has 1 saturated heterocycles. The summed E-state index contributed by atoms with van der Waals surface area (Å²) in [4.78, 5) is 28.0. The molecule has 2 aliphatic heterocycles.